The lowest BCUT2D eigenvalue weighted by Crippen LogP contribution is -2.09. The molecule has 0 atom stereocenters. The molecule has 0 bridgehead atoms. The molecular formula is C19H16F3N7O2S. The number of anilines is 4. The van der Waals surface area contributed by atoms with E-state index in [4.69, 9.17) is 0 Å². The van der Waals surface area contributed by atoms with Crippen molar-refractivity contribution < 1.29 is 21.6 Å². The number of aromatic nitrogens is 5. The van der Waals surface area contributed by atoms with E-state index in [1.54, 1.807) is 31.2 Å². The van der Waals surface area contributed by atoms with E-state index in [2.05, 4.69) is 35.6 Å². The van der Waals surface area contributed by atoms with Crippen LogP contribution in [0, 0.1) is 6.92 Å². The molecule has 0 fully saturated rings. The van der Waals surface area contributed by atoms with Crippen LogP contribution < -0.4 is 10.6 Å². The van der Waals surface area contributed by atoms with Gasteiger partial charge in [0, 0.05) is 12.3 Å². The number of fused-ring (bicyclic) bond motifs is 1. The summed E-state index contributed by atoms with van der Waals surface area (Å²) in [5, 5.41) is 5.86. The summed E-state index contributed by atoms with van der Waals surface area (Å²) in [6.07, 6.45) is -1.94. The van der Waals surface area contributed by atoms with Crippen molar-refractivity contribution in [3.63, 3.8) is 0 Å². The number of rotatable bonds is 5. The number of imidazole rings is 1. The van der Waals surface area contributed by atoms with Crippen LogP contribution in [0.15, 0.2) is 47.6 Å². The molecule has 13 heteroatoms. The minimum absolute atomic E-state index is 0.0450. The second kappa shape index (κ2) is 7.75. The van der Waals surface area contributed by atoms with Crippen molar-refractivity contribution in [2.24, 2.45) is 0 Å². The molecule has 166 valence electrons. The Bertz CT molecular complexity index is 1400. The third-order valence-electron chi connectivity index (χ3n) is 4.33. The molecule has 4 rings (SSSR count). The Balaban J connectivity index is 1.73. The number of pyridine rings is 1. The summed E-state index contributed by atoms with van der Waals surface area (Å²) >= 11 is 0. The highest BCUT2D eigenvalue weighted by atomic mass is 32.2. The van der Waals surface area contributed by atoms with E-state index in [0.29, 0.717) is 34.6 Å². The number of nitrogens with zero attached hydrogens (tertiary/aromatic N) is 4. The molecule has 0 radical (unpaired) electrons. The number of hydrogen-bond donors (Lipinski definition) is 3. The van der Waals surface area contributed by atoms with E-state index in [1.165, 1.54) is 6.07 Å². The lowest BCUT2D eigenvalue weighted by atomic mass is 10.2. The SMILES string of the molecule is Cc1nc2c(Nc3ccccc3S(C)(=O)=O)cc(Nc3cnc(C(F)(F)F)cn3)nc2[nH]1. The molecule has 1 aromatic carbocycles. The lowest BCUT2D eigenvalue weighted by Gasteiger charge is -2.13. The van der Waals surface area contributed by atoms with Crippen LogP contribution in [-0.4, -0.2) is 39.6 Å². The van der Waals surface area contributed by atoms with Crippen molar-refractivity contribution in [2.45, 2.75) is 18.0 Å². The van der Waals surface area contributed by atoms with Crippen LogP contribution in [0.25, 0.3) is 11.2 Å². The largest absolute Gasteiger partial charge is 0.434 e. The van der Waals surface area contributed by atoms with Crippen molar-refractivity contribution in [1.82, 2.24) is 24.9 Å². The Hall–Kier alpha value is -3.74. The molecule has 0 spiro atoms. The molecule has 3 aromatic heterocycles. The molecule has 0 aliphatic carbocycles. The van der Waals surface area contributed by atoms with Crippen LogP contribution in [0.2, 0.25) is 0 Å². The average molecular weight is 463 g/mol. The monoisotopic (exact) mass is 463 g/mol. The van der Waals surface area contributed by atoms with Crippen LogP contribution in [0.5, 0.6) is 0 Å². The molecule has 0 saturated heterocycles. The highest BCUT2D eigenvalue weighted by Crippen LogP contribution is 2.31. The van der Waals surface area contributed by atoms with Gasteiger partial charge in [0.25, 0.3) is 0 Å². The Labute approximate surface area is 180 Å². The van der Waals surface area contributed by atoms with Gasteiger partial charge in [0.05, 0.1) is 28.7 Å². The molecule has 0 saturated carbocycles. The minimum Gasteiger partial charge on any atom is -0.352 e. The predicted molar refractivity (Wildman–Crippen MR) is 112 cm³/mol. The van der Waals surface area contributed by atoms with E-state index in [0.717, 1.165) is 12.5 Å². The molecule has 0 amide bonds. The fourth-order valence-electron chi connectivity index (χ4n) is 2.97. The number of para-hydroxylation sites is 1. The fraction of sp³-hybridized carbons (Fsp3) is 0.158. The zero-order chi connectivity index (χ0) is 23.1. The molecule has 3 heterocycles. The van der Waals surface area contributed by atoms with Gasteiger partial charge in [-0.3, -0.25) is 0 Å². The summed E-state index contributed by atoms with van der Waals surface area (Å²) in [7, 11) is -3.51. The van der Waals surface area contributed by atoms with E-state index in [9.17, 15) is 21.6 Å². The fourth-order valence-corrected chi connectivity index (χ4v) is 3.82. The van der Waals surface area contributed by atoms with Gasteiger partial charge in [0.15, 0.2) is 21.2 Å². The third kappa shape index (κ3) is 4.46. The lowest BCUT2D eigenvalue weighted by molar-refractivity contribution is -0.141. The van der Waals surface area contributed by atoms with Gasteiger partial charge in [-0.2, -0.15) is 13.2 Å². The van der Waals surface area contributed by atoms with Gasteiger partial charge in [0.1, 0.15) is 23.0 Å². The topological polar surface area (TPSA) is 126 Å². The summed E-state index contributed by atoms with van der Waals surface area (Å²) in [5.41, 5.74) is 0.484. The van der Waals surface area contributed by atoms with Gasteiger partial charge in [0.2, 0.25) is 0 Å². The number of nitrogens with one attached hydrogen (secondary N) is 3. The van der Waals surface area contributed by atoms with Gasteiger partial charge in [-0.05, 0) is 19.1 Å². The highest BCUT2D eigenvalue weighted by Gasteiger charge is 2.32. The Morgan fingerprint density at radius 1 is 0.969 bits per heavy atom. The second-order valence-corrected chi connectivity index (χ2v) is 8.86. The van der Waals surface area contributed by atoms with Crippen LogP contribution in [0.4, 0.5) is 36.2 Å². The number of halogens is 3. The maximum atomic E-state index is 12.7. The van der Waals surface area contributed by atoms with Crippen molar-refractivity contribution in [1.29, 1.82) is 0 Å². The van der Waals surface area contributed by atoms with Crippen LogP contribution in [0.1, 0.15) is 11.5 Å². The second-order valence-electron chi connectivity index (χ2n) is 6.88. The van der Waals surface area contributed by atoms with Crippen LogP contribution in [-0.2, 0) is 16.0 Å². The molecule has 0 aliphatic heterocycles. The van der Waals surface area contributed by atoms with E-state index < -0.39 is 21.7 Å². The molecule has 3 N–H and O–H groups in total. The van der Waals surface area contributed by atoms with Crippen LogP contribution in [0.3, 0.4) is 0 Å². The third-order valence-corrected chi connectivity index (χ3v) is 5.48. The first-order valence-electron chi connectivity index (χ1n) is 9.10. The molecular weight excluding hydrogens is 447 g/mol. The molecule has 0 aliphatic rings. The normalized spacial score (nSPS) is 12.2. The number of benzene rings is 1. The summed E-state index contributed by atoms with van der Waals surface area (Å²) in [6.45, 7) is 1.73. The Kier molecular flexibility index (Phi) is 5.20. The first kappa shape index (κ1) is 21.5. The average Bonchev–Trinajstić information content (AvgIpc) is 3.08. The summed E-state index contributed by atoms with van der Waals surface area (Å²) < 4.78 is 62.4. The Morgan fingerprint density at radius 2 is 1.72 bits per heavy atom. The zero-order valence-electron chi connectivity index (χ0n) is 16.7. The van der Waals surface area contributed by atoms with Gasteiger partial charge in [-0.25, -0.2) is 28.4 Å². The standard InChI is InChI=1S/C19H16F3N7O2S/c1-10-25-17-12(27-11-5-3-4-6-13(11)32(2,30)31)7-15(29-18(17)26-10)28-16-9-23-14(8-24-16)19(20,21)22/h3-9H,1-2H3,(H3,24,25,26,27,28,29). The quantitative estimate of drug-likeness (QED) is 0.406. The number of sulfone groups is 1. The zero-order valence-corrected chi connectivity index (χ0v) is 17.5. The molecule has 9 nitrogen and oxygen atoms in total. The number of hydrogen-bond acceptors (Lipinski definition) is 8. The summed E-state index contributed by atoms with van der Waals surface area (Å²) in [6, 6.07) is 7.92. The van der Waals surface area contributed by atoms with Crippen molar-refractivity contribution in [3.8, 4) is 0 Å². The van der Waals surface area contributed by atoms with Gasteiger partial charge in [-0.1, -0.05) is 12.1 Å². The molecule has 32 heavy (non-hydrogen) atoms. The van der Waals surface area contributed by atoms with Crippen molar-refractivity contribution in [2.75, 3.05) is 16.9 Å². The molecule has 4 aromatic rings. The predicted octanol–water partition coefficient (Wildman–Crippen LogP) is 3.97. The first-order valence-corrected chi connectivity index (χ1v) is 11.0. The number of H-pyrrole nitrogens is 1. The number of aromatic amines is 1. The van der Waals surface area contributed by atoms with Crippen LogP contribution >= 0.6 is 0 Å². The van der Waals surface area contributed by atoms with E-state index in [-0.39, 0.29) is 16.5 Å². The number of alkyl halides is 3. The maximum Gasteiger partial charge on any atom is 0.434 e. The smallest absolute Gasteiger partial charge is 0.352 e. The Morgan fingerprint density at radius 3 is 2.38 bits per heavy atom. The van der Waals surface area contributed by atoms with Gasteiger partial charge >= 0.3 is 6.18 Å². The summed E-state index contributed by atoms with van der Waals surface area (Å²) in [4.78, 5) is 18.9. The highest BCUT2D eigenvalue weighted by molar-refractivity contribution is 7.90. The van der Waals surface area contributed by atoms with Gasteiger partial charge in [-0.15, -0.1) is 0 Å². The van der Waals surface area contributed by atoms with E-state index in [1.807, 2.05) is 0 Å². The minimum atomic E-state index is -4.60. The first-order chi connectivity index (χ1) is 15.0. The number of aryl methyl sites for hydroxylation is 1. The molecule has 0 unspecified atom stereocenters. The van der Waals surface area contributed by atoms with Crippen molar-refractivity contribution >= 4 is 44.0 Å². The van der Waals surface area contributed by atoms with E-state index >= 15 is 0 Å². The van der Waals surface area contributed by atoms with Crippen molar-refractivity contribution in [3.05, 3.63) is 54.2 Å². The maximum absolute atomic E-state index is 12.7. The summed E-state index contributed by atoms with van der Waals surface area (Å²) in [5.74, 6) is 0.844. The van der Waals surface area contributed by atoms with Gasteiger partial charge < -0.3 is 15.6 Å².